The molecule has 1 aliphatic carbocycles. The van der Waals surface area contributed by atoms with Gasteiger partial charge in [0.15, 0.2) is 0 Å². The molecule has 0 radical (unpaired) electrons. The van der Waals surface area contributed by atoms with Crippen LogP contribution in [0.15, 0.2) is 34.1 Å². The Bertz CT molecular complexity index is 589. The highest BCUT2D eigenvalue weighted by atomic mass is 79.9. The third kappa shape index (κ3) is 3.30. The van der Waals surface area contributed by atoms with Crippen LogP contribution in [0.25, 0.3) is 0 Å². The fraction of sp³-hybridized carbons (Fsp3) is 0.438. The molecule has 2 aromatic rings. The Balaban J connectivity index is 1.86. The van der Waals surface area contributed by atoms with Crippen molar-refractivity contribution in [1.82, 2.24) is 10.3 Å². The normalized spacial score (nSPS) is 17.9. The average Bonchev–Trinajstić information content (AvgIpc) is 3.10. The van der Waals surface area contributed by atoms with Crippen molar-refractivity contribution in [3.63, 3.8) is 0 Å². The Hall–Kier alpha value is -0.710. The van der Waals surface area contributed by atoms with Crippen LogP contribution in [-0.2, 0) is 12.0 Å². The molecule has 3 rings (SSSR count). The van der Waals surface area contributed by atoms with Crippen molar-refractivity contribution in [3.05, 3.63) is 50.4 Å². The highest BCUT2D eigenvalue weighted by Gasteiger charge is 2.36. The number of thiazole rings is 1. The first-order valence-electron chi connectivity index (χ1n) is 7.00. The molecular weight excluding hydrogens is 332 g/mol. The van der Waals surface area contributed by atoms with E-state index in [0.29, 0.717) is 6.04 Å². The van der Waals surface area contributed by atoms with E-state index in [-0.39, 0.29) is 5.54 Å². The summed E-state index contributed by atoms with van der Waals surface area (Å²) in [4.78, 5) is 4.72. The van der Waals surface area contributed by atoms with E-state index in [1.807, 2.05) is 0 Å². The number of rotatable bonds is 5. The number of benzene rings is 1. The van der Waals surface area contributed by atoms with Gasteiger partial charge >= 0.3 is 0 Å². The van der Waals surface area contributed by atoms with Crippen molar-refractivity contribution < 1.29 is 0 Å². The van der Waals surface area contributed by atoms with Crippen LogP contribution in [0.2, 0.25) is 0 Å². The number of hydrogen-bond acceptors (Lipinski definition) is 3. The Labute approximate surface area is 132 Å². The van der Waals surface area contributed by atoms with Gasteiger partial charge < -0.3 is 5.32 Å². The summed E-state index contributed by atoms with van der Waals surface area (Å²) in [6.07, 6.45) is 3.56. The van der Waals surface area contributed by atoms with Crippen molar-refractivity contribution in [2.75, 3.05) is 0 Å². The lowest BCUT2D eigenvalue weighted by Gasteiger charge is -2.29. The summed E-state index contributed by atoms with van der Waals surface area (Å²) >= 11 is 5.26. The van der Waals surface area contributed by atoms with E-state index in [0.717, 1.165) is 16.6 Å². The van der Waals surface area contributed by atoms with Gasteiger partial charge in [0.05, 0.1) is 5.54 Å². The first-order valence-corrected chi connectivity index (χ1v) is 8.67. The van der Waals surface area contributed by atoms with E-state index >= 15 is 0 Å². The van der Waals surface area contributed by atoms with Gasteiger partial charge in [-0.1, -0.05) is 28.1 Å². The Kier molecular flexibility index (Phi) is 3.98. The molecule has 1 aromatic carbocycles. The van der Waals surface area contributed by atoms with Crippen molar-refractivity contribution >= 4 is 27.3 Å². The van der Waals surface area contributed by atoms with Crippen LogP contribution >= 0.6 is 27.3 Å². The van der Waals surface area contributed by atoms with Crippen LogP contribution < -0.4 is 5.32 Å². The smallest absolute Gasteiger partial charge is 0.113 e. The summed E-state index contributed by atoms with van der Waals surface area (Å²) < 4.78 is 1.13. The van der Waals surface area contributed by atoms with E-state index in [9.17, 15) is 0 Å². The molecule has 0 aliphatic heterocycles. The Morgan fingerprint density at radius 3 is 2.60 bits per heavy atom. The summed E-state index contributed by atoms with van der Waals surface area (Å²) in [6.45, 7) is 4.35. The van der Waals surface area contributed by atoms with Crippen LogP contribution in [0.5, 0.6) is 0 Å². The fourth-order valence-electron chi connectivity index (χ4n) is 2.48. The zero-order valence-corrected chi connectivity index (χ0v) is 14.2. The number of halogens is 1. The van der Waals surface area contributed by atoms with Gasteiger partial charge in [-0.25, -0.2) is 4.98 Å². The highest BCUT2D eigenvalue weighted by Crippen LogP contribution is 2.33. The number of hydrogen-bond donors (Lipinski definition) is 1. The molecule has 1 aliphatic rings. The van der Waals surface area contributed by atoms with Crippen molar-refractivity contribution in [3.8, 4) is 0 Å². The molecule has 20 heavy (non-hydrogen) atoms. The zero-order chi connectivity index (χ0) is 14.2. The van der Waals surface area contributed by atoms with Crippen LogP contribution in [-0.4, -0.2) is 11.0 Å². The van der Waals surface area contributed by atoms with Gasteiger partial charge in [-0.3, -0.25) is 0 Å². The summed E-state index contributed by atoms with van der Waals surface area (Å²) in [6, 6.07) is 9.27. The van der Waals surface area contributed by atoms with Gasteiger partial charge in [0.2, 0.25) is 0 Å². The lowest BCUT2D eigenvalue weighted by atomic mass is 9.93. The lowest BCUT2D eigenvalue weighted by molar-refractivity contribution is 0.357. The third-order valence-electron chi connectivity index (χ3n) is 3.66. The van der Waals surface area contributed by atoms with Gasteiger partial charge in [-0.15, -0.1) is 11.3 Å². The van der Waals surface area contributed by atoms with Crippen LogP contribution in [0.4, 0.5) is 0 Å². The minimum absolute atomic E-state index is 0.0616. The standard InChI is InChI=1S/C16H19BrN2S/c1-11-10-20-15(18-11)16(2,19-14-7-8-14)9-12-3-5-13(17)6-4-12/h3-6,10,14,19H,7-9H2,1-2H3. The van der Waals surface area contributed by atoms with E-state index in [2.05, 4.69) is 64.7 Å². The maximum absolute atomic E-state index is 4.72. The zero-order valence-electron chi connectivity index (χ0n) is 11.8. The lowest BCUT2D eigenvalue weighted by Crippen LogP contribution is -2.42. The first kappa shape index (κ1) is 14.2. The molecule has 1 aromatic heterocycles. The molecule has 0 bridgehead atoms. The maximum Gasteiger partial charge on any atom is 0.113 e. The molecule has 1 unspecified atom stereocenters. The Morgan fingerprint density at radius 1 is 1.35 bits per heavy atom. The maximum atomic E-state index is 4.72. The van der Waals surface area contributed by atoms with Crippen LogP contribution in [0.3, 0.4) is 0 Å². The SMILES string of the molecule is Cc1csc(C(C)(Cc2ccc(Br)cc2)NC2CC2)n1. The van der Waals surface area contributed by atoms with Gasteiger partial charge in [0, 0.05) is 21.6 Å². The van der Waals surface area contributed by atoms with Gasteiger partial charge in [0.1, 0.15) is 5.01 Å². The molecule has 1 atom stereocenters. The number of aromatic nitrogens is 1. The van der Waals surface area contributed by atoms with Crippen LogP contribution in [0, 0.1) is 6.92 Å². The quantitative estimate of drug-likeness (QED) is 0.862. The summed E-state index contributed by atoms with van der Waals surface area (Å²) in [5.41, 5.74) is 2.40. The first-order chi connectivity index (χ1) is 9.55. The number of nitrogens with zero attached hydrogens (tertiary/aromatic N) is 1. The van der Waals surface area contributed by atoms with Crippen molar-refractivity contribution in [2.24, 2.45) is 0 Å². The average molecular weight is 351 g/mol. The Morgan fingerprint density at radius 2 is 2.05 bits per heavy atom. The minimum atomic E-state index is -0.0616. The molecule has 1 saturated carbocycles. The predicted octanol–water partition coefficient (Wildman–Crippen LogP) is 4.42. The molecule has 4 heteroatoms. The van der Waals surface area contributed by atoms with E-state index in [1.54, 1.807) is 11.3 Å². The predicted molar refractivity (Wildman–Crippen MR) is 88.2 cm³/mol. The van der Waals surface area contributed by atoms with E-state index < -0.39 is 0 Å². The number of aryl methyl sites for hydroxylation is 1. The third-order valence-corrected chi connectivity index (χ3v) is 5.41. The summed E-state index contributed by atoms with van der Waals surface area (Å²) in [5.74, 6) is 0. The molecule has 1 N–H and O–H groups in total. The monoisotopic (exact) mass is 350 g/mol. The summed E-state index contributed by atoms with van der Waals surface area (Å²) in [7, 11) is 0. The van der Waals surface area contributed by atoms with Crippen molar-refractivity contribution in [2.45, 2.75) is 44.7 Å². The van der Waals surface area contributed by atoms with Gasteiger partial charge in [-0.05, 0) is 50.8 Å². The molecule has 0 saturated heterocycles. The number of nitrogens with one attached hydrogen (secondary N) is 1. The second kappa shape index (κ2) is 5.58. The fourth-order valence-corrected chi connectivity index (χ4v) is 3.67. The molecule has 0 spiro atoms. The van der Waals surface area contributed by atoms with Crippen molar-refractivity contribution in [1.29, 1.82) is 0 Å². The van der Waals surface area contributed by atoms with E-state index in [1.165, 1.54) is 23.4 Å². The molecule has 0 amide bonds. The molecule has 106 valence electrons. The topological polar surface area (TPSA) is 24.9 Å². The summed E-state index contributed by atoms with van der Waals surface area (Å²) in [5, 5.41) is 7.14. The molecule has 2 nitrogen and oxygen atoms in total. The van der Waals surface area contributed by atoms with Gasteiger partial charge in [0.25, 0.3) is 0 Å². The molecule has 1 heterocycles. The molecule has 1 fully saturated rings. The second-order valence-corrected chi connectivity index (χ2v) is 7.62. The van der Waals surface area contributed by atoms with Crippen LogP contribution in [0.1, 0.15) is 36.0 Å². The highest BCUT2D eigenvalue weighted by molar-refractivity contribution is 9.10. The molecular formula is C16H19BrN2S. The minimum Gasteiger partial charge on any atom is -0.303 e. The second-order valence-electron chi connectivity index (χ2n) is 5.85. The van der Waals surface area contributed by atoms with E-state index in [4.69, 9.17) is 4.98 Å². The largest absolute Gasteiger partial charge is 0.303 e. The van der Waals surface area contributed by atoms with Gasteiger partial charge in [-0.2, -0.15) is 0 Å².